The summed E-state index contributed by atoms with van der Waals surface area (Å²) in [5.74, 6) is -3.26. The van der Waals surface area contributed by atoms with Crippen LogP contribution in [0.25, 0.3) is 0 Å². The third kappa shape index (κ3) is 1.84. The number of halogens is 2. The average Bonchev–Trinajstić information content (AvgIpc) is 2.20. The van der Waals surface area contributed by atoms with Crippen LogP contribution in [0, 0.1) is 11.6 Å². The Labute approximate surface area is 86.5 Å². The van der Waals surface area contributed by atoms with Crippen LogP contribution < -0.4 is 0 Å². The summed E-state index contributed by atoms with van der Waals surface area (Å²) in [6.45, 7) is 3.01. The van der Waals surface area contributed by atoms with Crippen molar-refractivity contribution in [2.75, 3.05) is 0 Å². The van der Waals surface area contributed by atoms with E-state index in [2.05, 4.69) is 0 Å². The van der Waals surface area contributed by atoms with E-state index in [9.17, 15) is 13.6 Å². The molecule has 0 aromatic heterocycles. The molecule has 0 amide bonds. The highest BCUT2D eigenvalue weighted by molar-refractivity contribution is 5.80. The van der Waals surface area contributed by atoms with E-state index in [0.717, 1.165) is 6.07 Å². The molecule has 0 saturated heterocycles. The number of rotatable bonds is 3. The summed E-state index contributed by atoms with van der Waals surface area (Å²) >= 11 is 0. The second-order valence-corrected chi connectivity index (χ2v) is 3.59. The monoisotopic (exact) mass is 214 g/mol. The first-order chi connectivity index (χ1) is 6.93. The van der Waals surface area contributed by atoms with Gasteiger partial charge in [0.15, 0.2) is 11.6 Å². The molecular weight excluding hydrogens is 202 g/mol. The normalized spacial score (nSPS) is 14.7. The first-order valence-electron chi connectivity index (χ1n) is 4.61. The van der Waals surface area contributed by atoms with Crippen molar-refractivity contribution in [1.29, 1.82) is 0 Å². The molecule has 15 heavy (non-hydrogen) atoms. The number of benzene rings is 1. The van der Waals surface area contributed by atoms with Crippen LogP contribution in [-0.2, 0) is 10.2 Å². The fraction of sp³-hybridized carbons (Fsp3) is 0.364. The standard InChI is InChI=1S/C11H12F2O2/c1-3-11(2,10(14)15)7-5-4-6-8(12)9(7)13/h4-6H,3H2,1-2H3,(H,14,15). The van der Waals surface area contributed by atoms with Gasteiger partial charge in [-0.25, -0.2) is 8.78 Å². The van der Waals surface area contributed by atoms with Crippen LogP contribution in [0.3, 0.4) is 0 Å². The van der Waals surface area contributed by atoms with E-state index in [1.165, 1.54) is 19.1 Å². The third-order valence-corrected chi connectivity index (χ3v) is 2.73. The van der Waals surface area contributed by atoms with Crippen molar-refractivity contribution < 1.29 is 18.7 Å². The molecule has 1 atom stereocenters. The molecule has 0 spiro atoms. The molecule has 1 N–H and O–H groups in total. The highest BCUT2D eigenvalue weighted by Gasteiger charge is 2.36. The topological polar surface area (TPSA) is 37.3 Å². The SMILES string of the molecule is CCC(C)(C(=O)O)c1cccc(F)c1F. The zero-order valence-electron chi connectivity index (χ0n) is 8.55. The fourth-order valence-electron chi connectivity index (χ4n) is 1.39. The first kappa shape index (κ1) is 11.6. The Bertz CT molecular complexity index is 390. The average molecular weight is 214 g/mol. The van der Waals surface area contributed by atoms with E-state index in [1.807, 2.05) is 0 Å². The van der Waals surface area contributed by atoms with E-state index >= 15 is 0 Å². The van der Waals surface area contributed by atoms with Gasteiger partial charge in [-0.15, -0.1) is 0 Å². The lowest BCUT2D eigenvalue weighted by atomic mass is 9.80. The van der Waals surface area contributed by atoms with Gasteiger partial charge in [0.25, 0.3) is 0 Å². The summed E-state index contributed by atoms with van der Waals surface area (Å²) in [5.41, 5.74) is -1.50. The molecule has 0 aliphatic heterocycles. The van der Waals surface area contributed by atoms with Gasteiger partial charge in [0.05, 0.1) is 5.41 Å². The molecule has 0 heterocycles. The van der Waals surface area contributed by atoms with Gasteiger partial charge in [-0.1, -0.05) is 19.1 Å². The maximum absolute atomic E-state index is 13.4. The lowest BCUT2D eigenvalue weighted by Gasteiger charge is -2.23. The van der Waals surface area contributed by atoms with E-state index in [4.69, 9.17) is 5.11 Å². The summed E-state index contributed by atoms with van der Waals surface area (Å²) in [7, 11) is 0. The Morgan fingerprint density at radius 1 is 1.47 bits per heavy atom. The number of hydrogen-bond donors (Lipinski definition) is 1. The number of carboxylic acid groups (broad SMARTS) is 1. The van der Waals surface area contributed by atoms with Crippen LogP contribution in [0.4, 0.5) is 8.78 Å². The quantitative estimate of drug-likeness (QED) is 0.839. The summed E-state index contributed by atoms with van der Waals surface area (Å²) in [6, 6.07) is 3.58. The van der Waals surface area contributed by atoms with Crippen LogP contribution in [-0.4, -0.2) is 11.1 Å². The summed E-state index contributed by atoms with van der Waals surface area (Å²) in [6.07, 6.45) is 0.197. The first-order valence-corrected chi connectivity index (χ1v) is 4.61. The molecule has 1 rings (SSSR count). The molecule has 0 bridgehead atoms. The molecule has 1 unspecified atom stereocenters. The van der Waals surface area contributed by atoms with Crippen LogP contribution in [0.5, 0.6) is 0 Å². The van der Waals surface area contributed by atoms with Gasteiger partial charge < -0.3 is 5.11 Å². The Hall–Kier alpha value is -1.45. The Kier molecular flexibility index (Phi) is 3.07. The van der Waals surface area contributed by atoms with E-state index in [1.54, 1.807) is 6.92 Å². The summed E-state index contributed by atoms with van der Waals surface area (Å²) in [5, 5.41) is 9.01. The highest BCUT2D eigenvalue weighted by atomic mass is 19.2. The molecular formula is C11H12F2O2. The van der Waals surface area contributed by atoms with Crippen LogP contribution in [0.2, 0.25) is 0 Å². The van der Waals surface area contributed by atoms with E-state index in [0.29, 0.717) is 0 Å². The smallest absolute Gasteiger partial charge is 0.313 e. The van der Waals surface area contributed by atoms with Crippen molar-refractivity contribution in [1.82, 2.24) is 0 Å². The van der Waals surface area contributed by atoms with Crippen LogP contribution in [0.1, 0.15) is 25.8 Å². The predicted octanol–water partition coefficient (Wildman–Crippen LogP) is 2.72. The highest BCUT2D eigenvalue weighted by Crippen LogP contribution is 2.30. The van der Waals surface area contributed by atoms with Crippen molar-refractivity contribution in [3.63, 3.8) is 0 Å². The lowest BCUT2D eigenvalue weighted by Crippen LogP contribution is -2.32. The van der Waals surface area contributed by atoms with Crippen LogP contribution in [0.15, 0.2) is 18.2 Å². The van der Waals surface area contributed by atoms with Gasteiger partial charge in [0.2, 0.25) is 0 Å². The minimum atomic E-state index is -1.38. The zero-order chi connectivity index (χ0) is 11.6. The molecule has 2 nitrogen and oxygen atoms in total. The minimum absolute atomic E-state index is 0.113. The third-order valence-electron chi connectivity index (χ3n) is 2.73. The second kappa shape index (κ2) is 3.96. The Morgan fingerprint density at radius 2 is 2.07 bits per heavy atom. The van der Waals surface area contributed by atoms with Gasteiger partial charge in [-0.05, 0) is 19.4 Å². The lowest BCUT2D eigenvalue weighted by molar-refractivity contribution is -0.143. The summed E-state index contributed by atoms with van der Waals surface area (Å²) < 4.78 is 26.3. The largest absolute Gasteiger partial charge is 0.481 e. The van der Waals surface area contributed by atoms with Crippen LogP contribution >= 0.6 is 0 Å². The molecule has 1 aromatic rings. The number of hydrogen-bond acceptors (Lipinski definition) is 1. The molecule has 0 aliphatic carbocycles. The predicted molar refractivity (Wildman–Crippen MR) is 51.6 cm³/mol. The van der Waals surface area contributed by atoms with Gasteiger partial charge in [0, 0.05) is 5.56 Å². The Morgan fingerprint density at radius 3 is 2.53 bits per heavy atom. The maximum atomic E-state index is 13.4. The molecule has 4 heteroatoms. The van der Waals surface area contributed by atoms with E-state index < -0.39 is 23.0 Å². The molecule has 1 aromatic carbocycles. The maximum Gasteiger partial charge on any atom is 0.313 e. The van der Waals surface area contributed by atoms with Gasteiger partial charge in [-0.2, -0.15) is 0 Å². The molecule has 0 aliphatic rings. The van der Waals surface area contributed by atoms with Crippen molar-refractivity contribution in [3.8, 4) is 0 Å². The molecule has 82 valence electrons. The number of carboxylic acids is 1. The summed E-state index contributed by atoms with van der Waals surface area (Å²) in [4.78, 5) is 11.0. The molecule has 0 saturated carbocycles. The molecule has 0 radical (unpaired) electrons. The molecule has 0 fully saturated rings. The number of aliphatic carboxylic acids is 1. The van der Waals surface area contributed by atoms with Gasteiger partial charge in [-0.3, -0.25) is 4.79 Å². The zero-order valence-corrected chi connectivity index (χ0v) is 8.55. The van der Waals surface area contributed by atoms with E-state index in [-0.39, 0.29) is 12.0 Å². The second-order valence-electron chi connectivity index (χ2n) is 3.59. The fourth-order valence-corrected chi connectivity index (χ4v) is 1.39. The minimum Gasteiger partial charge on any atom is -0.481 e. The Balaban J connectivity index is 3.37. The van der Waals surface area contributed by atoms with Gasteiger partial charge >= 0.3 is 5.97 Å². The van der Waals surface area contributed by atoms with Crippen molar-refractivity contribution >= 4 is 5.97 Å². The van der Waals surface area contributed by atoms with Crippen molar-refractivity contribution in [2.24, 2.45) is 0 Å². The van der Waals surface area contributed by atoms with Gasteiger partial charge in [0.1, 0.15) is 0 Å². The number of carbonyl (C=O) groups is 1. The van der Waals surface area contributed by atoms with Crippen molar-refractivity contribution in [3.05, 3.63) is 35.4 Å². The van der Waals surface area contributed by atoms with Crippen molar-refractivity contribution in [2.45, 2.75) is 25.7 Å².